The number of rotatable bonds is 3. The molecule has 5 rings (SSSR count). The van der Waals surface area contributed by atoms with Crippen LogP contribution in [0.4, 0.5) is 5.69 Å². The number of ether oxygens (including phenoxy) is 1. The van der Waals surface area contributed by atoms with Crippen LogP contribution in [0.5, 0.6) is 0 Å². The number of aromatic nitrogens is 1. The first-order valence-corrected chi connectivity index (χ1v) is 10.0. The van der Waals surface area contributed by atoms with E-state index in [-0.39, 0.29) is 30.0 Å². The molecule has 1 amide bonds. The Balaban J connectivity index is 1.47. The molecule has 140 valence electrons. The maximum Gasteiger partial charge on any atom is 0.230 e. The Kier molecular flexibility index (Phi) is 4.01. The molecule has 6 heteroatoms. The van der Waals surface area contributed by atoms with E-state index in [2.05, 4.69) is 23.3 Å². The minimum Gasteiger partial charge on any atom is -0.373 e. The number of nitrogens with one attached hydrogen (secondary N) is 1. The van der Waals surface area contributed by atoms with E-state index >= 15 is 0 Å². The second-order valence-corrected chi connectivity index (χ2v) is 8.79. The van der Waals surface area contributed by atoms with Gasteiger partial charge in [0.15, 0.2) is 0 Å². The van der Waals surface area contributed by atoms with E-state index in [4.69, 9.17) is 27.9 Å². The Morgan fingerprint density at radius 3 is 2.63 bits per heavy atom. The Hall–Kier alpha value is -1.62. The van der Waals surface area contributed by atoms with E-state index in [0.29, 0.717) is 33.5 Å². The minimum atomic E-state index is -0.211. The zero-order valence-corrected chi connectivity index (χ0v) is 16.5. The Bertz CT molecular complexity index is 934. The standard InChI is InChI=1S/C21H20Cl2N2O2/c1-9-7-11(5-6-24-9)17-18(20-16-10(2)15(16)19(17)27-20)21(26)25-12-3-4-13(22)14(23)8-12/h3-8,10,15-20H,1-2H3,(H,25,26)/t10?,15?,16?,17-,18+,19+,20-/m1/s1. The summed E-state index contributed by atoms with van der Waals surface area (Å²) in [6.07, 6.45) is 1.91. The second-order valence-electron chi connectivity index (χ2n) is 7.98. The molecule has 1 aromatic carbocycles. The van der Waals surface area contributed by atoms with Crippen molar-refractivity contribution >= 4 is 34.8 Å². The van der Waals surface area contributed by atoms with E-state index in [0.717, 1.165) is 11.3 Å². The molecule has 2 aliphatic heterocycles. The molecule has 3 fully saturated rings. The lowest BCUT2D eigenvalue weighted by Gasteiger charge is -2.27. The fourth-order valence-corrected chi connectivity index (χ4v) is 5.56. The van der Waals surface area contributed by atoms with Crippen molar-refractivity contribution in [3.63, 3.8) is 0 Å². The number of nitrogens with zero attached hydrogens (tertiary/aromatic N) is 1. The van der Waals surface area contributed by atoms with Gasteiger partial charge in [0.2, 0.25) is 5.91 Å². The number of fused-ring (bicyclic) bond motifs is 5. The van der Waals surface area contributed by atoms with E-state index in [1.54, 1.807) is 18.2 Å². The molecule has 2 bridgehead atoms. The van der Waals surface area contributed by atoms with Crippen molar-refractivity contribution in [2.75, 3.05) is 5.32 Å². The van der Waals surface area contributed by atoms with E-state index in [9.17, 15) is 4.79 Å². The Morgan fingerprint density at radius 2 is 1.89 bits per heavy atom. The lowest BCUT2D eigenvalue weighted by atomic mass is 9.75. The minimum absolute atomic E-state index is 0.0158. The quantitative estimate of drug-likeness (QED) is 0.809. The summed E-state index contributed by atoms with van der Waals surface area (Å²) in [5.41, 5.74) is 2.75. The van der Waals surface area contributed by atoms with Crippen LogP contribution in [0.25, 0.3) is 0 Å². The van der Waals surface area contributed by atoms with Crippen LogP contribution in [0.3, 0.4) is 0 Å². The predicted molar refractivity (Wildman–Crippen MR) is 105 cm³/mol. The van der Waals surface area contributed by atoms with Gasteiger partial charge in [-0.15, -0.1) is 0 Å². The van der Waals surface area contributed by atoms with Crippen LogP contribution in [0.15, 0.2) is 36.5 Å². The van der Waals surface area contributed by atoms with Crippen LogP contribution in [0.2, 0.25) is 10.0 Å². The van der Waals surface area contributed by atoms with Crippen molar-refractivity contribution in [2.24, 2.45) is 23.7 Å². The normalized spacial score (nSPS) is 35.8. The summed E-state index contributed by atoms with van der Waals surface area (Å²) in [7, 11) is 0. The number of carbonyl (C=O) groups is 1. The first kappa shape index (κ1) is 17.5. The van der Waals surface area contributed by atoms with E-state index < -0.39 is 0 Å². The number of hydrogen-bond acceptors (Lipinski definition) is 3. The summed E-state index contributed by atoms with van der Waals surface area (Å²) in [6.45, 7) is 4.25. The number of aryl methyl sites for hydroxylation is 1. The smallest absolute Gasteiger partial charge is 0.230 e. The number of amides is 1. The third-order valence-electron chi connectivity index (χ3n) is 6.48. The van der Waals surface area contributed by atoms with Crippen LogP contribution in [0, 0.1) is 30.6 Å². The van der Waals surface area contributed by atoms with Gasteiger partial charge >= 0.3 is 0 Å². The molecule has 0 spiro atoms. The van der Waals surface area contributed by atoms with Gasteiger partial charge in [0.05, 0.1) is 28.2 Å². The summed E-state index contributed by atoms with van der Waals surface area (Å²) in [6, 6.07) is 9.25. The zero-order chi connectivity index (χ0) is 18.9. The summed E-state index contributed by atoms with van der Waals surface area (Å²) < 4.78 is 6.30. The highest BCUT2D eigenvalue weighted by atomic mass is 35.5. The molecule has 1 aromatic heterocycles. The highest BCUT2D eigenvalue weighted by molar-refractivity contribution is 6.42. The molecular formula is C21H20Cl2N2O2. The number of pyridine rings is 1. The molecule has 1 N–H and O–H groups in total. The van der Waals surface area contributed by atoms with Crippen molar-refractivity contribution < 1.29 is 9.53 Å². The molecule has 4 nitrogen and oxygen atoms in total. The van der Waals surface area contributed by atoms with Gasteiger partial charge < -0.3 is 10.1 Å². The number of anilines is 1. The fraction of sp³-hybridized carbons (Fsp3) is 0.429. The summed E-state index contributed by atoms with van der Waals surface area (Å²) in [5.74, 6) is 1.53. The van der Waals surface area contributed by atoms with Crippen molar-refractivity contribution in [3.8, 4) is 0 Å². The summed E-state index contributed by atoms with van der Waals surface area (Å²) in [4.78, 5) is 17.6. The summed E-state index contributed by atoms with van der Waals surface area (Å²) in [5, 5.41) is 3.92. The largest absolute Gasteiger partial charge is 0.373 e. The van der Waals surface area contributed by atoms with Gasteiger partial charge in [0.25, 0.3) is 0 Å². The lowest BCUT2D eigenvalue weighted by molar-refractivity contribution is -0.122. The van der Waals surface area contributed by atoms with Crippen molar-refractivity contribution in [1.29, 1.82) is 0 Å². The SMILES string of the molecule is Cc1cc([C@@H]2[C@H](C(=O)Nc3ccc(Cl)c(Cl)c3)[C@@H]3O[C@H]2C2C(C)C23)ccn1. The molecule has 1 saturated carbocycles. The number of hydrogen-bond donors (Lipinski definition) is 1. The number of carbonyl (C=O) groups excluding carboxylic acids is 1. The molecular weight excluding hydrogens is 383 g/mol. The zero-order valence-electron chi connectivity index (χ0n) is 15.0. The van der Waals surface area contributed by atoms with Gasteiger partial charge in [-0.05, 0) is 60.6 Å². The van der Waals surface area contributed by atoms with Gasteiger partial charge in [0, 0.05) is 23.5 Å². The van der Waals surface area contributed by atoms with Gasteiger partial charge in [-0.3, -0.25) is 9.78 Å². The van der Waals surface area contributed by atoms with Crippen molar-refractivity contribution in [3.05, 3.63) is 57.8 Å². The third-order valence-corrected chi connectivity index (χ3v) is 7.22. The van der Waals surface area contributed by atoms with Crippen molar-refractivity contribution in [1.82, 2.24) is 4.98 Å². The fourth-order valence-electron chi connectivity index (χ4n) is 5.27. The molecule has 1 aliphatic carbocycles. The average Bonchev–Trinajstić information content (AvgIpc) is 3.01. The monoisotopic (exact) mass is 402 g/mol. The molecule has 3 aliphatic rings. The molecule has 27 heavy (non-hydrogen) atoms. The van der Waals surface area contributed by atoms with Crippen LogP contribution >= 0.6 is 23.2 Å². The second kappa shape index (κ2) is 6.20. The molecule has 0 radical (unpaired) electrons. The topological polar surface area (TPSA) is 51.2 Å². The first-order valence-electron chi connectivity index (χ1n) is 9.29. The molecule has 2 saturated heterocycles. The molecule has 3 unspecified atom stereocenters. The summed E-state index contributed by atoms with van der Waals surface area (Å²) >= 11 is 12.1. The number of halogens is 2. The van der Waals surface area contributed by atoms with Crippen LogP contribution in [-0.4, -0.2) is 23.1 Å². The average molecular weight is 403 g/mol. The van der Waals surface area contributed by atoms with Gasteiger partial charge in [-0.25, -0.2) is 0 Å². The van der Waals surface area contributed by atoms with Gasteiger partial charge in [0.1, 0.15) is 0 Å². The molecule has 3 heterocycles. The van der Waals surface area contributed by atoms with Gasteiger partial charge in [-0.2, -0.15) is 0 Å². The maximum absolute atomic E-state index is 13.3. The highest BCUT2D eigenvalue weighted by Crippen LogP contribution is 2.68. The van der Waals surface area contributed by atoms with Crippen molar-refractivity contribution in [2.45, 2.75) is 32.0 Å². The first-order chi connectivity index (χ1) is 13.0. The third kappa shape index (κ3) is 2.69. The van der Waals surface area contributed by atoms with E-state index in [1.165, 1.54) is 0 Å². The van der Waals surface area contributed by atoms with E-state index in [1.807, 2.05) is 19.2 Å². The predicted octanol–water partition coefficient (Wildman–Crippen LogP) is 4.70. The van der Waals surface area contributed by atoms with Crippen LogP contribution < -0.4 is 5.32 Å². The van der Waals surface area contributed by atoms with Crippen LogP contribution in [0.1, 0.15) is 24.1 Å². The highest BCUT2D eigenvalue weighted by Gasteiger charge is 2.72. The lowest BCUT2D eigenvalue weighted by Crippen LogP contribution is -2.37. The maximum atomic E-state index is 13.3. The Morgan fingerprint density at radius 1 is 1.11 bits per heavy atom. The number of benzene rings is 1. The molecule has 2 aromatic rings. The Labute approximate surface area is 168 Å². The van der Waals surface area contributed by atoms with Crippen LogP contribution in [-0.2, 0) is 9.53 Å². The van der Waals surface area contributed by atoms with Gasteiger partial charge in [-0.1, -0.05) is 30.1 Å². The molecule has 7 atom stereocenters.